The summed E-state index contributed by atoms with van der Waals surface area (Å²) < 4.78 is 10.6. The fraction of sp³-hybridized carbons (Fsp3) is 0.300. The first-order valence-electron chi connectivity index (χ1n) is 8.76. The summed E-state index contributed by atoms with van der Waals surface area (Å²) >= 11 is 0. The van der Waals surface area contributed by atoms with Gasteiger partial charge >= 0.3 is 0 Å². The average Bonchev–Trinajstić information content (AvgIpc) is 2.94. The molecule has 0 spiro atoms. The highest BCUT2D eigenvalue weighted by Crippen LogP contribution is 2.40. The Morgan fingerprint density at radius 3 is 2.31 bits per heavy atom. The minimum Gasteiger partial charge on any atom is -0.507 e. The number of aryl methyl sites for hydroxylation is 1. The van der Waals surface area contributed by atoms with Gasteiger partial charge in [-0.15, -0.1) is 0 Å². The van der Waals surface area contributed by atoms with E-state index in [1.807, 2.05) is 0 Å². The van der Waals surface area contributed by atoms with Crippen LogP contribution in [-0.4, -0.2) is 68.3 Å². The summed E-state index contributed by atoms with van der Waals surface area (Å²) in [6.45, 7) is 0.525. The Hall–Kier alpha value is -2.98. The van der Waals surface area contributed by atoms with Crippen molar-refractivity contribution in [2.75, 3.05) is 13.2 Å². The van der Waals surface area contributed by atoms with E-state index in [-0.39, 0.29) is 40.4 Å². The van der Waals surface area contributed by atoms with Gasteiger partial charge in [-0.25, -0.2) is 0 Å². The molecule has 3 atom stereocenters. The number of carbonyl (C=O) groups excluding carboxylic acids is 2. The predicted octanol–water partition coefficient (Wildman–Crippen LogP) is 0.00102. The molecule has 5 N–H and O–H groups in total. The lowest BCUT2D eigenvalue weighted by molar-refractivity contribution is -0.115. The van der Waals surface area contributed by atoms with Gasteiger partial charge in [-0.3, -0.25) is 9.59 Å². The normalized spacial score (nSPS) is 25.7. The number of rotatable bonds is 3. The highest BCUT2D eigenvalue weighted by molar-refractivity contribution is 6.30. The molecular formula is C20H18O9. The molecule has 0 radical (unpaired) electrons. The summed E-state index contributed by atoms with van der Waals surface area (Å²) in [6.07, 6.45) is -2.94. The van der Waals surface area contributed by atoms with Crippen molar-refractivity contribution in [1.29, 1.82) is 0 Å². The summed E-state index contributed by atoms with van der Waals surface area (Å²) in [7, 11) is 0. The van der Waals surface area contributed by atoms with Crippen LogP contribution in [0.5, 0.6) is 17.2 Å². The lowest BCUT2D eigenvalue weighted by atomic mass is 9.82. The van der Waals surface area contributed by atoms with E-state index in [2.05, 4.69) is 0 Å². The maximum Gasteiger partial charge on any atom is 0.229 e. The summed E-state index contributed by atoms with van der Waals surface area (Å²) in [5, 5.41) is 49.8. The number of benzene rings is 2. The number of ether oxygens (including phenoxy) is 2. The molecule has 0 amide bonds. The molecule has 2 unspecified atom stereocenters. The van der Waals surface area contributed by atoms with E-state index in [0.717, 1.165) is 6.07 Å². The van der Waals surface area contributed by atoms with E-state index in [0.29, 0.717) is 5.56 Å². The zero-order valence-electron chi connectivity index (χ0n) is 15.2. The Kier molecular flexibility index (Phi) is 4.35. The molecule has 2 aliphatic rings. The number of fused-ring (bicyclic) bond motifs is 2. The Labute approximate surface area is 164 Å². The van der Waals surface area contributed by atoms with Crippen LogP contribution in [0.1, 0.15) is 37.4 Å². The molecule has 1 saturated heterocycles. The third-order valence-corrected chi connectivity index (χ3v) is 5.13. The van der Waals surface area contributed by atoms with Gasteiger partial charge in [-0.2, -0.15) is 0 Å². The van der Waals surface area contributed by atoms with E-state index in [4.69, 9.17) is 9.47 Å². The first-order chi connectivity index (χ1) is 13.7. The van der Waals surface area contributed by atoms with Crippen LogP contribution in [0.4, 0.5) is 0 Å². The van der Waals surface area contributed by atoms with Gasteiger partial charge in [-0.05, 0) is 30.7 Å². The summed E-state index contributed by atoms with van der Waals surface area (Å²) in [4.78, 5) is 25.7. The molecule has 152 valence electrons. The zero-order chi connectivity index (χ0) is 21.1. The second-order valence-corrected chi connectivity index (χ2v) is 7.23. The van der Waals surface area contributed by atoms with E-state index in [9.17, 15) is 35.1 Å². The van der Waals surface area contributed by atoms with Gasteiger partial charge < -0.3 is 35.0 Å². The van der Waals surface area contributed by atoms with E-state index in [1.165, 1.54) is 18.2 Å². The summed E-state index contributed by atoms with van der Waals surface area (Å²) in [5.74, 6) is -2.29. The molecular weight excluding hydrogens is 384 g/mol. The third-order valence-electron chi connectivity index (χ3n) is 5.13. The van der Waals surface area contributed by atoms with Crippen molar-refractivity contribution in [1.82, 2.24) is 0 Å². The standard InChI is InChI=1S/C20H18O9/c1-8-2-10-14(12(22)3-8)17(25)15-11(16(10)24)4-9(5-13(15)23)29-19-18(26)20(27,6-21)7-28-19/h2-5,18-19,21-23,26-27H,6-7H2,1H3/t18?,19?,20-/m1/s1. The topological polar surface area (TPSA) is 154 Å². The van der Waals surface area contributed by atoms with Crippen molar-refractivity contribution in [3.05, 3.63) is 52.1 Å². The van der Waals surface area contributed by atoms with Gasteiger partial charge in [0.1, 0.15) is 29.0 Å². The lowest BCUT2D eigenvalue weighted by Gasteiger charge is -2.24. The average molecular weight is 402 g/mol. The summed E-state index contributed by atoms with van der Waals surface area (Å²) in [5.41, 5.74) is -1.90. The van der Waals surface area contributed by atoms with Crippen LogP contribution in [0.25, 0.3) is 0 Å². The highest BCUT2D eigenvalue weighted by atomic mass is 16.7. The first kappa shape index (κ1) is 19.3. The molecule has 29 heavy (non-hydrogen) atoms. The lowest BCUT2D eigenvalue weighted by Crippen LogP contribution is -2.48. The quantitative estimate of drug-likeness (QED) is 0.407. The van der Waals surface area contributed by atoms with Gasteiger partial charge in [0.25, 0.3) is 0 Å². The Morgan fingerprint density at radius 2 is 1.69 bits per heavy atom. The maximum atomic E-state index is 12.9. The second kappa shape index (κ2) is 6.53. The number of aliphatic hydroxyl groups excluding tert-OH is 2. The smallest absolute Gasteiger partial charge is 0.229 e. The van der Waals surface area contributed by atoms with Crippen molar-refractivity contribution in [2.24, 2.45) is 0 Å². The molecule has 2 aromatic carbocycles. The predicted molar refractivity (Wildman–Crippen MR) is 96.2 cm³/mol. The molecule has 0 bridgehead atoms. The SMILES string of the molecule is Cc1cc(O)c2c(c1)C(=O)c1cc(OC3OC[C@](O)(CO)C3O)cc(O)c1C2=O. The van der Waals surface area contributed by atoms with Gasteiger partial charge in [0.15, 0.2) is 5.78 Å². The fourth-order valence-electron chi connectivity index (χ4n) is 3.57. The number of hydrogen-bond acceptors (Lipinski definition) is 9. The van der Waals surface area contributed by atoms with Crippen LogP contribution in [0.3, 0.4) is 0 Å². The Bertz CT molecular complexity index is 1040. The van der Waals surface area contributed by atoms with Crippen LogP contribution in [0.15, 0.2) is 24.3 Å². The van der Waals surface area contributed by atoms with Crippen LogP contribution in [-0.2, 0) is 4.74 Å². The van der Waals surface area contributed by atoms with E-state index >= 15 is 0 Å². The van der Waals surface area contributed by atoms with Gasteiger partial charge in [-0.1, -0.05) is 0 Å². The van der Waals surface area contributed by atoms with Crippen LogP contribution < -0.4 is 4.74 Å². The monoisotopic (exact) mass is 402 g/mol. The molecule has 9 nitrogen and oxygen atoms in total. The molecule has 1 fully saturated rings. The molecule has 1 aliphatic heterocycles. The van der Waals surface area contributed by atoms with Crippen LogP contribution in [0, 0.1) is 6.92 Å². The number of phenolic OH excluding ortho intramolecular Hbond substituents is 2. The highest BCUT2D eigenvalue weighted by Gasteiger charge is 2.49. The van der Waals surface area contributed by atoms with Crippen LogP contribution >= 0.6 is 0 Å². The van der Waals surface area contributed by atoms with Crippen molar-refractivity contribution < 1.29 is 44.6 Å². The number of ketones is 2. The van der Waals surface area contributed by atoms with Crippen molar-refractivity contribution in [3.8, 4) is 17.2 Å². The fourth-order valence-corrected chi connectivity index (χ4v) is 3.57. The number of aromatic hydroxyl groups is 2. The number of phenols is 2. The largest absolute Gasteiger partial charge is 0.507 e. The first-order valence-corrected chi connectivity index (χ1v) is 8.76. The molecule has 0 saturated carbocycles. The van der Waals surface area contributed by atoms with E-state index < -0.39 is 41.9 Å². The van der Waals surface area contributed by atoms with E-state index in [1.54, 1.807) is 6.92 Å². The zero-order valence-corrected chi connectivity index (χ0v) is 15.2. The molecule has 2 aromatic rings. The molecule has 9 heteroatoms. The molecule has 1 heterocycles. The molecule has 4 rings (SSSR count). The third kappa shape index (κ3) is 2.87. The van der Waals surface area contributed by atoms with Crippen molar-refractivity contribution >= 4 is 11.6 Å². The number of carbonyl (C=O) groups is 2. The minimum absolute atomic E-state index is 0.00311. The van der Waals surface area contributed by atoms with Gasteiger partial charge in [0.2, 0.25) is 12.1 Å². The second-order valence-electron chi connectivity index (χ2n) is 7.23. The van der Waals surface area contributed by atoms with Gasteiger partial charge in [0, 0.05) is 17.2 Å². The maximum absolute atomic E-state index is 12.9. The number of aliphatic hydroxyl groups is 3. The minimum atomic E-state index is -1.90. The summed E-state index contributed by atoms with van der Waals surface area (Å²) in [6, 6.07) is 5.09. The van der Waals surface area contributed by atoms with Gasteiger partial charge in [0.05, 0.1) is 24.3 Å². The van der Waals surface area contributed by atoms with Crippen LogP contribution in [0.2, 0.25) is 0 Å². The molecule has 0 aromatic heterocycles. The molecule has 1 aliphatic carbocycles. The van der Waals surface area contributed by atoms with Crippen molar-refractivity contribution in [3.63, 3.8) is 0 Å². The Morgan fingerprint density at radius 1 is 1.07 bits per heavy atom. The van der Waals surface area contributed by atoms with Crippen molar-refractivity contribution in [2.45, 2.75) is 24.9 Å². The number of hydrogen-bond donors (Lipinski definition) is 5. The Balaban J connectivity index is 1.74.